The first-order chi connectivity index (χ1) is 24.0. The first-order valence-electron chi connectivity index (χ1n) is 19.1. The highest BCUT2D eigenvalue weighted by Gasteiger charge is 2.57. The van der Waals surface area contributed by atoms with Gasteiger partial charge in [-0.2, -0.15) is 0 Å². The van der Waals surface area contributed by atoms with Crippen LogP contribution in [0.2, 0.25) is 0 Å². The minimum absolute atomic E-state index is 0.000319. The maximum atomic E-state index is 13.8. The topological polar surface area (TPSA) is 78.9 Å². The number of esters is 3. The van der Waals surface area contributed by atoms with E-state index in [4.69, 9.17) is 14.2 Å². The molecular weight excluding hydrogens is 624 g/mol. The van der Waals surface area contributed by atoms with Crippen molar-refractivity contribution in [3.63, 3.8) is 0 Å². The molecule has 0 N–H and O–H groups in total. The van der Waals surface area contributed by atoms with E-state index < -0.39 is 5.60 Å². The fraction of sp³-hybridized carbons (Fsp3) is 0.523. The van der Waals surface area contributed by atoms with Crippen molar-refractivity contribution < 1.29 is 28.6 Å². The Bertz CT molecular complexity index is 1860. The molecule has 8 rings (SSSR count). The van der Waals surface area contributed by atoms with Crippen molar-refractivity contribution in [1.29, 1.82) is 0 Å². The summed E-state index contributed by atoms with van der Waals surface area (Å²) in [7, 11) is 0. The molecule has 3 aromatic rings. The number of carbonyl (C=O) groups is 3. The smallest absolute Gasteiger partial charge is 0.340 e. The molecule has 5 atom stereocenters. The lowest BCUT2D eigenvalue weighted by Gasteiger charge is -2.35. The number of ether oxygens (including phenoxy) is 3. The van der Waals surface area contributed by atoms with Gasteiger partial charge in [-0.05, 0) is 128 Å². The van der Waals surface area contributed by atoms with Gasteiger partial charge in [-0.15, -0.1) is 0 Å². The van der Waals surface area contributed by atoms with Crippen LogP contribution < -0.4 is 9.47 Å². The average Bonchev–Trinajstić information content (AvgIpc) is 3.99. The van der Waals surface area contributed by atoms with Crippen molar-refractivity contribution in [3.8, 4) is 11.5 Å². The zero-order valence-electron chi connectivity index (χ0n) is 30.3. The van der Waals surface area contributed by atoms with E-state index in [0.717, 1.165) is 64.6 Å². The van der Waals surface area contributed by atoms with Crippen LogP contribution >= 0.6 is 0 Å². The number of carbonyl (C=O) groups excluding carboxylic acids is 3. The molecule has 262 valence electrons. The van der Waals surface area contributed by atoms with Crippen molar-refractivity contribution >= 4 is 17.9 Å². The average molecular weight is 675 g/mol. The highest BCUT2D eigenvalue weighted by molar-refractivity contribution is 5.96. The summed E-state index contributed by atoms with van der Waals surface area (Å²) in [6.45, 7) is 12.4. The molecule has 5 aliphatic rings. The Labute approximate surface area is 296 Å². The van der Waals surface area contributed by atoms with Gasteiger partial charge in [-0.25, -0.2) is 4.79 Å². The van der Waals surface area contributed by atoms with Crippen LogP contribution in [0.25, 0.3) is 0 Å². The summed E-state index contributed by atoms with van der Waals surface area (Å²) >= 11 is 0. The quantitative estimate of drug-likeness (QED) is 0.175. The molecule has 6 heteroatoms. The number of aryl methyl sites for hydroxylation is 2. The Morgan fingerprint density at radius 1 is 0.660 bits per heavy atom. The Kier molecular flexibility index (Phi) is 8.23. The highest BCUT2D eigenvalue weighted by atomic mass is 16.6. The molecule has 4 fully saturated rings. The first-order valence-corrected chi connectivity index (χ1v) is 19.1. The third kappa shape index (κ3) is 5.31. The fourth-order valence-corrected chi connectivity index (χ4v) is 10.0. The minimum Gasteiger partial charge on any atom is -0.441 e. The molecule has 0 saturated heterocycles. The van der Waals surface area contributed by atoms with Crippen LogP contribution in [-0.2, 0) is 19.9 Å². The van der Waals surface area contributed by atoms with Crippen molar-refractivity contribution in [2.45, 2.75) is 110 Å². The van der Waals surface area contributed by atoms with Crippen molar-refractivity contribution in [3.05, 3.63) is 93.0 Å². The molecule has 6 nitrogen and oxygen atoms in total. The van der Waals surface area contributed by atoms with Gasteiger partial charge in [0, 0.05) is 16.7 Å². The lowest BCUT2D eigenvalue weighted by molar-refractivity contribution is -0.137. The second-order valence-electron chi connectivity index (χ2n) is 16.5. The Balaban J connectivity index is 1.23. The van der Waals surface area contributed by atoms with Gasteiger partial charge in [-0.3, -0.25) is 9.59 Å². The lowest BCUT2D eigenvalue weighted by atomic mass is 9.73. The molecule has 0 radical (unpaired) electrons. The molecule has 3 aromatic carbocycles. The molecule has 1 aliphatic heterocycles. The van der Waals surface area contributed by atoms with Gasteiger partial charge in [0.05, 0.1) is 17.4 Å². The maximum absolute atomic E-state index is 13.8. The summed E-state index contributed by atoms with van der Waals surface area (Å²) in [5.74, 6) is 2.48. The summed E-state index contributed by atoms with van der Waals surface area (Å²) in [6, 6.07) is 15.8. The normalized spacial score (nSPS) is 29.2. The zero-order chi connectivity index (χ0) is 35.1. The van der Waals surface area contributed by atoms with Gasteiger partial charge in [0.15, 0.2) is 5.60 Å². The van der Waals surface area contributed by atoms with Crippen molar-refractivity contribution in [2.24, 2.45) is 35.5 Å². The second kappa shape index (κ2) is 12.4. The van der Waals surface area contributed by atoms with Gasteiger partial charge < -0.3 is 14.2 Å². The maximum Gasteiger partial charge on any atom is 0.340 e. The molecule has 4 saturated carbocycles. The van der Waals surface area contributed by atoms with E-state index in [1.165, 1.54) is 25.7 Å². The van der Waals surface area contributed by atoms with Crippen LogP contribution in [0.3, 0.4) is 0 Å². The molecular formula is C44H50O6. The summed E-state index contributed by atoms with van der Waals surface area (Å²) in [4.78, 5) is 40.8. The summed E-state index contributed by atoms with van der Waals surface area (Å²) in [5.41, 5.74) is 5.30. The fourth-order valence-electron chi connectivity index (χ4n) is 10.0. The highest BCUT2D eigenvalue weighted by Crippen LogP contribution is 2.58. The Hall–Kier alpha value is -3.93. The summed E-state index contributed by atoms with van der Waals surface area (Å²) in [5, 5.41) is 0. The molecule has 4 aliphatic carbocycles. The zero-order valence-corrected chi connectivity index (χ0v) is 30.3. The van der Waals surface area contributed by atoms with E-state index in [2.05, 4.69) is 39.8 Å². The van der Waals surface area contributed by atoms with Crippen LogP contribution in [0.5, 0.6) is 11.5 Å². The number of benzene rings is 3. The van der Waals surface area contributed by atoms with Crippen molar-refractivity contribution in [2.75, 3.05) is 0 Å². The SMILES string of the molecule is Cc1cc(C2(c3cc(C(C)C)c(OC(=O)C4C5CCCCC54)cc3C)OC(=O)c3ccccc32)c(C(C)C)cc1OC(=O)C1C2CCCCC21. The molecule has 0 aromatic heterocycles. The number of hydrogen-bond acceptors (Lipinski definition) is 6. The molecule has 1 heterocycles. The van der Waals surface area contributed by atoms with Gasteiger partial charge in [0.25, 0.3) is 0 Å². The largest absolute Gasteiger partial charge is 0.441 e. The van der Waals surface area contributed by atoms with Crippen LogP contribution in [-0.4, -0.2) is 17.9 Å². The van der Waals surface area contributed by atoms with Gasteiger partial charge in [-0.1, -0.05) is 71.6 Å². The number of fused-ring (bicyclic) bond motifs is 3. The molecule has 0 spiro atoms. The van der Waals surface area contributed by atoms with Gasteiger partial charge >= 0.3 is 17.9 Å². The number of cyclic esters (lactones) is 1. The predicted octanol–water partition coefficient (Wildman–Crippen LogP) is 9.70. The van der Waals surface area contributed by atoms with E-state index in [0.29, 0.717) is 40.7 Å². The monoisotopic (exact) mass is 674 g/mol. The summed E-state index contributed by atoms with van der Waals surface area (Å²) in [6.07, 6.45) is 9.24. The Morgan fingerprint density at radius 2 is 1.20 bits per heavy atom. The van der Waals surface area contributed by atoms with Crippen LogP contribution in [0.1, 0.15) is 140 Å². The number of rotatable bonds is 8. The van der Waals surface area contributed by atoms with Crippen LogP contribution in [0.4, 0.5) is 0 Å². The second-order valence-corrected chi connectivity index (χ2v) is 16.5. The van der Waals surface area contributed by atoms with E-state index >= 15 is 0 Å². The molecule has 50 heavy (non-hydrogen) atoms. The molecule has 5 unspecified atom stereocenters. The number of hydrogen-bond donors (Lipinski definition) is 0. The summed E-state index contributed by atoms with van der Waals surface area (Å²) < 4.78 is 19.1. The van der Waals surface area contributed by atoms with E-state index in [1.54, 1.807) is 0 Å². The lowest BCUT2D eigenvalue weighted by Crippen LogP contribution is -2.32. The van der Waals surface area contributed by atoms with Gasteiger partial charge in [0.1, 0.15) is 11.5 Å². The van der Waals surface area contributed by atoms with Crippen LogP contribution in [0, 0.1) is 49.4 Å². The van der Waals surface area contributed by atoms with E-state index in [1.807, 2.05) is 50.2 Å². The third-order valence-corrected chi connectivity index (χ3v) is 12.8. The first kappa shape index (κ1) is 33.2. The van der Waals surface area contributed by atoms with E-state index in [-0.39, 0.29) is 41.6 Å². The Morgan fingerprint density at radius 3 is 1.76 bits per heavy atom. The molecule has 0 bridgehead atoms. The van der Waals surface area contributed by atoms with Crippen LogP contribution in [0.15, 0.2) is 48.5 Å². The van der Waals surface area contributed by atoms with Crippen molar-refractivity contribution in [1.82, 2.24) is 0 Å². The minimum atomic E-state index is -1.26. The predicted molar refractivity (Wildman–Crippen MR) is 191 cm³/mol. The third-order valence-electron chi connectivity index (χ3n) is 12.8. The molecule has 0 amide bonds. The van der Waals surface area contributed by atoms with E-state index in [9.17, 15) is 14.4 Å². The standard InChI is InChI=1S/C44H50O6/c1-23(2)32-22-37(48-42(46)39-27-13-7-8-14-28(27)39)26(6)19-36(32)44(34-18-12-11-17-31(34)41(45)50-44)35-21-33(24(3)4)38(20-25(35)5)49-43(47)40-29-15-9-10-16-30(29)40/h11-12,17-24,27-30,39-40H,7-10,13-16H2,1-6H3. The van der Waals surface area contributed by atoms with Gasteiger partial charge in [0.2, 0.25) is 0 Å².